The van der Waals surface area contributed by atoms with Crippen LogP contribution in [0.1, 0.15) is 80.9 Å². The van der Waals surface area contributed by atoms with Gasteiger partial charge in [0.15, 0.2) is 0 Å². The lowest BCUT2D eigenvalue weighted by atomic mass is 9.97. The average molecular weight is 897 g/mol. The summed E-state index contributed by atoms with van der Waals surface area (Å²) >= 11 is 0. The molecule has 1 fully saturated rings. The zero-order chi connectivity index (χ0) is 46.7. The van der Waals surface area contributed by atoms with E-state index in [4.69, 9.17) is 14.2 Å². The van der Waals surface area contributed by atoms with Gasteiger partial charge in [-0.05, 0) is 100 Å². The molecule has 6 aromatic carbocycles. The topological polar surface area (TPSA) is 169 Å². The number of carbonyl (C=O) groups excluding carboxylic acids is 1. The Morgan fingerprint density at radius 1 is 0.687 bits per heavy atom. The summed E-state index contributed by atoms with van der Waals surface area (Å²) in [5, 5.41) is 26.6. The highest BCUT2D eigenvalue weighted by molar-refractivity contribution is 5.89. The number of nitrogens with one attached hydrogen (secondary N) is 3. The molecule has 4 N–H and O–H groups in total. The van der Waals surface area contributed by atoms with Gasteiger partial charge in [0, 0.05) is 35.5 Å². The van der Waals surface area contributed by atoms with Crippen LogP contribution in [0.15, 0.2) is 161 Å². The Labute approximate surface area is 389 Å². The zero-order valence-electron chi connectivity index (χ0n) is 37.6. The SMILES string of the molecule is CCc1cc2c(cc1CC)CC(NC[C@H](O)c1ccc(OCc3ccccc3)c3[nH]c(=O)ccc13)C2.O=C([O-])c1ccccc1.O=c1ccc2c([C@@H]3CO3)ccc(OCc3ccccc3)c2[nH]1. The number of aryl methyl sites for hydroxylation is 2. The van der Waals surface area contributed by atoms with Crippen molar-refractivity contribution >= 4 is 27.8 Å². The molecule has 3 heterocycles. The molecule has 8 aromatic rings. The fraction of sp³-hybridized carbons (Fsp3) is 0.232. The second-order valence-electron chi connectivity index (χ2n) is 16.7. The first kappa shape index (κ1) is 46.2. The molecule has 67 heavy (non-hydrogen) atoms. The standard InChI is InChI=1S/C31H34N2O3.C18H15NO3.C7H6O2/c1-3-21-14-23-16-25(17-24(23)15-22(21)4-2)32-18-28(34)26-10-12-29(31-27(26)11-13-30(35)33-31)36-19-20-8-6-5-7-9-20;20-17-9-7-14-13(16-11-22-16)6-8-15(18(14)19-17)21-10-12-4-2-1-3-5-12;8-7(9)6-4-2-1-3-5-6/h5-15,25,28,32,34H,3-4,16-19H2,1-2H3,(H,33,35);1-9,16H,10-11H2,(H,19,20);1-5H,(H,8,9)/p-1/t28-;16-;/m00./s1. The molecule has 2 aromatic heterocycles. The van der Waals surface area contributed by atoms with E-state index in [1.54, 1.807) is 24.3 Å². The maximum atomic E-state index is 12.1. The summed E-state index contributed by atoms with van der Waals surface area (Å²) in [6.07, 6.45) is 3.53. The third-order valence-electron chi connectivity index (χ3n) is 12.1. The minimum atomic E-state index is -1.13. The summed E-state index contributed by atoms with van der Waals surface area (Å²) in [5.41, 5.74) is 11.0. The quantitative estimate of drug-likeness (QED) is 0.0786. The van der Waals surface area contributed by atoms with Crippen molar-refractivity contribution in [3.8, 4) is 11.5 Å². The van der Waals surface area contributed by atoms with Crippen molar-refractivity contribution < 1.29 is 29.2 Å². The number of carboxylic acids is 1. The number of rotatable bonds is 14. The Balaban J connectivity index is 0.000000165. The molecule has 0 amide bonds. The van der Waals surface area contributed by atoms with Gasteiger partial charge >= 0.3 is 0 Å². The van der Waals surface area contributed by atoms with E-state index in [0.29, 0.717) is 42.8 Å². The van der Waals surface area contributed by atoms with Gasteiger partial charge in [0.25, 0.3) is 0 Å². The summed E-state index contributed by atoms with van der Waals surface area (Å²) in [7, 11) is 0. The van der Waals surface area contributed by atoms with Crippen LogP contribution in [-0.4, -0.2) is 40.2 Å². The maximum Gasteiger partial charge on any atom is 0.248 e. The van der Waals surface area contributed by atoms with Gasteiger partial charge in [-0.3, -0.25) is 9.59 Å². The maximum absolute atomic E-state index is 12.1. The Bertz CT molecular complexity index is 3030. The van der Waals surface area contributed by atoms with Gasteiger partial charge in [0.05, 0.1) is 29.7 Å². The molecule has 342 valence electrons. The molecular formula is C56H54N3O8-. The fourth-order valence-corrected chi connectivity index (χ4v) is 8.55. The van der Waals surface area contributed by atoms with Crippen LogP contribution in [0.5, 0.6) is 11.5 Å². The fourth-order valence-electron chi connectivity index (χ4n) is 8.55. The minimum absolute atomic E-state index is 0.133. The summed E-state index contributed by atoms with van der Waals surface area (Å²) in [4.78, 5) is 39.6. The van der Waals surface area contributed by atoms with Crippen LogP contribution in [-0.2, 0) is 43.6 Å². The third kappa shape index (κ3) is 11.8. The molecule has 0 spiro atoms. The third-order valence-corrected chi connectivity index (χ3v) is 12.1. The molecule has 10 rings (SSSR count). The first-order valence-electron chi connectivity index (χ1n) is 22.8. The number of H-pyrrole nitrogens is 2. The number of hydrogen-bond acceptors (Lipinski definition) is 9. The summed E-state index contributed by atoms with van der Waals surface area (Å²) in [6.45, 7) is 6.48. The van der Waals surface area contributed by atoms with Crippen molar-refractivity contribution in [2.45, 2.75) is 71.0 Å². The van der Waals surface area contributed by atoms with Crippen molar-refractivity contribution in [3.63, 3.8) is 0 Å². The van der Waals surface area contributed by atoms with Crippen LogP contribution >= 0.6 is 0 Å². The number of aromatic carboxylic acids is 1. The molecule has 1 aliphatic heterocycles. The lowest BCUT2D eigenvalue weighted by Gasteiger charge is -2.19. The molecule has 2 atom stereocenters. The Hall–Kier alpha value is -7.31. The summed E-state index contributed by atoms with van der Waals surface area (Å²) < 4.78 is 17.3. The van der Waals surface area contributed by atoms with Crippen molar-refractivity contribution in [1.29, 1.82) is 0 Å². The van der Waals surface area contributed by atoms with Gasteiger partial charge in [0.1, 0.15) is 30.8 Å². The van der Waals surface area contributed by atoms with Crippen LogP contribution < -0.4 is 31.0 Å². The second kappa shape index (κ2) is 21.8. The number of ether oxygens (including phenoxy) is 3. The van der Waals surface area contributed by atoms with E-state index < -0.39 is 12.1 Å². The van der Waals surface area contributed by atoms with E-state index in [1.165, 1.54) is 46.5 Å². The highest BCUT2D eigenvalue weighted by Gasteiger charge is 2.28. The predicted molar refractivity (Wildman–Crippen MR) is 260 cm³/mol. The highest BCUT2D eigenvalue weighted by atomic mass is 16.6. The van der Waals surface area contributed by atoms with Crippen LogP contribution in [0.25, 0.3) is 21.8 Å². The van der Waals surface area contributed by atoms with Gasteiger partial charge in [-0.15, -0.1) is 0 Å². The number of aromatic amines is 2. The van der Waals surface area contributed by atoms with Crippen LogP contribution in [0.4, 0.5) is 0 Å². The van der Waals surface area contributed by atoms with E-state index in [9.17, 15) is 24.6 Å². The first-order chi connectivity index (χ1) is 32.7. The lowest BCUT2D eigenvalue weighted by molar-refractivity contribution is -0.255. The normalized spacial score (nSPS) is 14.3. The Morgan fingerprint density at radius 3 is 1.67 bits per heavy atom. The summed E-state index contributed by atoms with van der Waals surface area (Å²) in [5.74, 6) is 0.150. The van der Waals surface area contributed by atoms with Crippen LogP contribution in [0.3, 0.4) is 0 Å². The Kier molecular flexibility index (Phi) is 15.0. The monoisotopic (exact) mass is 896 g/mol. The number of aromatic nitrogens is 2. The summed E-state index contributed by atoms with van der Waals surface area (Å²) in [6, 6.07) is 47.3. The van der Waals surface area contributed by atoms with Crippen molar-refractivity contribution in [2.24, 2.45) is 0 Å². The van der Waals surface area contributed by atoms with E-state index in [-0.39, 0.29) is 22.8 Å². The molecule has 0 bridgehead atoms. The predicted octanol–water partition coefficient (Wildman–Crippen LogP) is 8.25. The molecule has 1 aliphatic carbocycles. The number of hydrogen-bond donors (Lipinski definition) is 4. The molecule has 2 aliphatic rings. The number of aliphatic hydroxyl groups excluding tert-OH is 1. The van der Waals surface area contributed by atoms with E-state index in [2.05, 4.69) is 41.3 Å². The number of carboxylic acid groups (broad SMARTS) is 1. The van der Waals surface area contributed by atoms with E-state index >= 15 is 0 Å². The number of fused-ring (bicyclic) bond motifs is 3. The molecule has 1 saturated heterocycles. The van der Waals surface area contributed by atoms with Crippen LogP contribution in [0, 0.1) is 0 Å². The molecule has 11 heteroatoms. The van der Waals surface area contributed by atoms with Gasteiger partial charge in [-0.1, -0.05) is 129 Å². The second-order valence-corrected chi connectivity index (χ2v) is 16.7. The molecule has 0 saturated carbocycles. The number of carbonyl (C=O) groups is 1. The number of benzene rings is 6. The number of pyridine rings is 2. The molecule has 0 unspecified atom stereocenters. The molecular weight excluding hydrogens is 843 g/mol. The van der Waals surface area contributed by atoms with E-state index in [1.807, 2.05) is 91.0 Å². The van der Waals surface area contributed by atoms with Crippen LogP contribution in [0.2, 0.25) is 0 Å². The van der Waals surface area contributed by atoms with Crippen molar-refractivity contribution in [1.82, 2.24) is 15.3 Å². The number of epoxide rings is 1. The average Bonchev–Trinajstić information content (AvgIpc) is 4.13. The van der Waals surface area contributed by atoms with Crippen molar-refractivity contribution in [3.05, 3.63) is 222 Å². The molecule has 0 radical (unpaired) electrons. The van der Waals surface area contributed by atoms with Gasteiger partial charge in [-0.25, -0.2) is 0 Å². The Morgan fingerprint density at radius 2 is 1.18 bits per heavy atom. The number of aliphatic hydroxyl groups is 1. The lowest BCUT2D eigenvalue weighted by Crippen LogP contribution is -2.33. The van der Waals surface area contributed by atoms with Gasteiger partial charge in [-0.2, -0.15) is 0 Å². The first-order valence-corrected chi connectivity index (χ1v) is 22.8. The minimum Gasteiger partial charge on any atom is -0.545 e. The largest absolute Gasteiger partial charge is 0.545 e. The van der Waals surface area contributed by atoms with Crippen molar-refractivity contribution in [2.75, 3.05) is 13.2 Å². The molecule has 11 nitrogen and oxygen atoms in total. The van der Waals surface area contributed by atoms with Gasteiger partial charge < -0.3 is 44.5 Å². The van der Waals surface area contributed by atoms with E-state index in [0.717, 1.165) is 70.8 Å². The zero-order valence-corrected chi connectivity index (χ0v) is 37.6. The van der Waals surface area contributed by atoms with Gasteiger partial charge in [0.2, 0.25) is 11.1 Å². The highest BCUT2D eigenvalue weighted by Crippen LogP contribution is 2.37. The smallest absolute Gasteiger partial charge is 0.248 e.